The Balaban J connectivity index is 1.15. The van der Waals surface area contributed by atoms with Crippen LogP contribution in [-0.2, 0) is 4.79 Å². The summed E-state index contributed by atoms with van der Waals surface area (Å²) in [6.07, 6.45) is 6.25. The van der Waals surface area contributed by atoms with E-state index < -0.39 is 0 Å². The van der Waals surface area contributed by atoms with Crippen LogP contribution in [-0.4, -0.2) is 71.3 Å². The molecular weight excluding hydrogens is 484 g/mol. The number of benzene rings is 1. The van der Waals surface area contributed by atoms with Crippen LogP contribution < -0.4 is 5.32 Å². The fraction of sp³-hybridized carbons (Fsp3) is 0.481. The summed E-state index contributed by atoms with van der Waals surface area (Å²) < 4.78 is 7.09. The zero-order valence-corrected chi connectivity index (χ0v) is 21.7. The van der Waals surface area contributed by atoms with Gasteiger partial charge in [0.2, 0.25) is 11.9 Å². The summed E-state index contributed by atoms with van der Waals surface area (Å²) in [5.74, 6) is 2.20. The lowest BCUT2D eigenvalue weighted by Crippen LogP contribution is -2.44. The number of fused-ring (bicyclic) bond motifs is 1. The van der Waals surface area contributed by atoms with Crippen LogP contribution in [0, 0.1) is 19.8 Å². The summed E-state index contributed by atoms with van der Waals surface area (Å²) in [6.45, 7) is 5.13. The number of carbonyl (C=O) groups excluding carboxylic acids is 1. The van der Waals surface area contributed by atoms with Gasteiger partial charge in [-0.3, -0.25) is 4.79 Å². The molecule has 1 saturated heterocycles. The number of carbonyl (C=O) groups is 1. The zero-order valence-electron chi connectivity index (χ0n) is 21.7. The molecule has 6 rings (SSSR count). The number of aryl methyl sites for hydroxylation is 2. The molecule has 0 bridgehead atoms. The molecule has 1 aliphatic carbocycles. The van der Waals surface area contributed by atoms with E-state index in [2.05, 4.69) is 25.8 Å². The number of nitrogens with one attached hydrogen (secondary N) is 1. The van der Waals surface area contributed by atoms with Crippen molar-refractivity contribution in [3.8, 4) is 16.9 Å². The summed E-state index contributed by atoms with van der Waals surface area (Å²) >= 11 is 0. The molecule has 1 amide bonds. The quantitative estimate of drug-likeness (QED) is 0.409. The second-order valence-electron chi connectivity index (χ2n) is 10.4. The van der Waals surface area contributed by atoms with E-state index in [-0.39, 0.29) is 24.0 Å². The Morgan fingerprint density at radius 2 is 1.87 bits per heavy atom. The molecule has 4 heterocycles. The first-order chi connectivity index (χ1) is 18.5. The van der Waals surface area contributed by atoms with E-state index >= 15 is 0 Å². The molecule has 4 aromatic rings. The van der Waals surface area contributed by atoms with E-state index in [9.17, 15) is 9.90 Å². The third kappa shape index (κ3) is 4.62. The Morgan fingerprint density at radius 3 is 2.61 bits per heavy atom. The van der Waals surface area contributed by atoms with Gasteiger partial charge in [0.05, 0.1) is 17.3 Å². The van der Waals surface area contributed by atoms with Gasteiger partial charge >= 0.3 is 0 Å². The second-order valence-corrected chi connectivity index (χ2v) is 10.4. The maximum atomic E-state index is 12.9. The van der Waals surface area contributed by atoms with Crippen LogP contribution in [0.5, 0.6) is 0 Å². The van der Waals surface area contributed by atoms with E-state index in [1.54, 1.807) is 10.9 Å². The number of hydrogen-bond acceptors (Lipinski definition) is 9. The van der Waals surface area contributed by atoms with Crippen molar-refractivity contribution in [1.82, 2.24) is 35.0 Å². The molecule has 2 N–H and O–H groups in total. The van der Waals surface area contributed by atoms with Crippen LogP contribution in [0.2, 0.25) is 0 Å². The molecule has 2 fully saturated rings. The second kappa shape index (κ2) is 10.1. The van der Waals surface area contributed by atoms with Crippen LogP contribution in [0.4, 0.5) is 5.95 Å². The molecule has 1 saturated carbocycles. The van der Waals surface area contributed by atoms with Crippen molar-refractivity contribution in [3.63, 3.8) is 0 Å². The van der Waals surface area contributed by atoms with Gasteiger partial charge in [-0.1, -0.05) is 22.5 Å². The summed E-state index contributed by atoms with van der Waals surface area (Å²) in [5.41, 5.74) is 4.24. The molecule has 0 spiro atoms. The van der Waals surface area contributed by atoms with Crippen LogP contribution in [0.3, 0.4) is 0 Å². The number of amides is 1. The van der Waals surface area contributed by atoms with Crippen molar-refractivity contribution in [2.24, 2.45) is 5.92 Å². The number of aliphatic hydroxyl groups excluding tert-OH is 1. The van der Waals surface area contributed by atoms with E-state index in [0.29, 0.717) is 37.7 Å². The van der Waals surface area contributed by atoms with Gasteiger partial charge < -0.3 is 19.8 Å². The first-order valence-corrected chi connectivity index (χ1v) is 13.3. The minimum absolute atomic E-state index is 0.0592. The van der Waals surface area contributed by atoms with Gasteiger partial charge in [-0.25, -0.2) is 4.98 Å². The molecular formula is C27H32N8O3. The van der Waals surface area contributed by atoms with Crippen molar-refractivity contribution in [1.29, 1.82) is 0 Å². The number of rotatable bonds is 5. The molecule has 11 nitrogen and oxygen atoms in total. The minimum Gasteiger partial charge on any atom is -0.393 e. The molecule has 0 radical (unpaired) electrons. The fourth-order valence-electron chi connectivity index (χ4n) is 5.73. The molecule has 38 heavy (non-hydrogen) atoms. The SMILES string of the molecule is Cc1noc(C)c1-c1cccc2c1nnn2-c1ccnc(N[C@H]2CC[C@H](C(=O)N3CCC(O)CC3)CC2)n1. The van der Waals surface area contributed by atoms with Crippen LogP contribution >= 0.6 is 0 Å². The Kier molecular flexibility index (Phi) is 6.52. The van der Waals surface area contributed by atoms with Gasteiger partial charge in [0, 0.05) is 48.4 Å². The molecule has 1 aromatic carbocycles. The highest BCUT2D eigenvalue weighted by Gasteiger charge is 2.31. The van der Waals surface area contributed by atoms with Crippen molar-refractivity contribution in [3.05, 3.63) is 41.9 Å². The van der Waals surface area contributed by atoms with Gasteiger partial charge in [0.25, 0.3) is 0 Å². The van der Waals surface area contributed by atoms with Gasteiger partial charge in [0.1, 0.15) is 11.3 Å². The third-order valence-electron chi connectivity index (χ3n) is 7.82. The highest BCUT2D eigenvalue weighted by molar-refractivity contribution is 5.93. The molecule has 11 heteroatoms. The first kappa shape index (κ1) is 24.5. The number of anilines is 1. The van der Waals surface area contributed by atoms with Crippen LogP contribution in [0.15, 0.2) is 35.0 Å². The summed E-state index contributed by atoms with van der Waals surface area (Å²) in [5, 5.41) is 26.1. The number of likely N-dealkylation sites (tertiary alicyclic amines) is 1. The van der Waals surface area contributed by atoms with Gasteiger partial charge in [-0.15, -0.1) is 5.10 Å². The maximum absolute atomic E-state index is 12.9. The lowest BCUT2D eigenvalue weighted by atomic mass is 9.85. The molecule has 0 atom stereocenters. The average Bonchev–Trinajstić information content (AvgIpc) is 3.52. The Morgan fingerprint density at radius 1 is 1.08 bits per heavy atom. The van der Waals surface area contributed by atoms with Gasteiger partial charge in [-0.05, 0) is 58.4 Å². The average molecular weight is 517 g/mol. The molecule has 198 valence electrons. The lowest BCUT2D eigenvalue weighted by molar-refractivity contribution is -0.138. The van der Waals surface area contributed by atoms with E-state index in [1.165, 1.54) is 0 Å². The van der Waals surface area contributed by atoms with E-state index in [0.717, 1.165) is 59.3 Å². The molecule has 3 aromatic heterocycles. The predicted octanol–water partition coefficient (Wildman–Crippen LogP) is 3.44. The maximum Gasteiger partial charge on any atom is 0.225 e. The molecule has 0 unspecified atom stereocenters. The minimum atomic E-state index is -0.269. The molecule has 2 aliphatic rings. The fourth-order valence-corrected chi connectivity index (χ4v) is 5.73. The number of aromatic nitrogens is 6. The van der Waals surface area contributed by atoms with Crippen molar-refractivity contribution in [2.75, 3.05) is 18.4 Å². The highest BCUT2D eigenvalue weighted by Crippen LogP contribution is 2.33. The zero-order chi connectivity index (χ0) is 26.2. The monoisotopic (exact) mass is 516 g/mol. The number of hydrogen-bond donors (Lipinski definition) is 2. The lowest BCUT2D eigenvalue weighted by Gasteiger charge is -2.35. The number of aliphatic hydroxyl groups is 1. The Labute approximate surface area is 220 Å². The molecule has 1 aliphatic heterocycles. The first-order valence-electron chi connectivity index (χ1n) is 13.3. The van der Waals surface area contributed by atoms with E-state index in [4.69, 9.17) is 9.51 Å². The van der Waals surface area contributed by atoms with Gasteiger partial charge in [0.15, 0.2) is 5.82 Å². The summed E-state index contributed by atoms with van der Waals surface area (Å²) in [6, 6.07) is 7.95. The van der Waals surface area contributed by atoms with Crippen LogP contribution in [0.1, 0.15) is 50.0 Å². The van der Waals surface area contributed by atoms with Crippen molar-refractivity contribution in [2.45, 2.75) is 64.5 Å². The van der Waals surface area contributed by atoms with Crippen molar-refractivity contribution < 1.29 is 14.4 Å². The van der Waals surface area contributed by atoms with Gasteiger partial charge in [-0.2, -0.15) is 9.67 Å². The van der Waals surface area contributed by atoms with Crippen molar-refractivity contribution >= 4 is 22.9 Å². The normalized spacial score (nSPS) is 20.7. The number of nitrogens with zero attached hydrogens (tertiary/aromatic N) is 7. The third-order valence-corrected chi connectivity index (χ3v) is 7.82. The van der Waals surface area contributed by atoms with E-state index in [1.807, 2.05) is 43.0 Å². The standard InChI is InChI=1S/C27H32N8O3/c1-16-24(17(2)38-32-16)21-4-3-5-22-25(21)31-33-35(22)23-10-13-28-27(30-23)29-19-8-6-18(7-9-19)26(37)34-14-11-20(36)12-15-34/h3-5,10,13,18-20,36H,6-9,11-12,14-15H2,1-2H3,(H,28,29,30)/t18-,19-. The predicted molar refractivity (Wildman–Crippen MR) is 141 cm³/mol. The van der Waals surface area contributed by atoms with Crippen LogP contribution in [0.25, 0.3) is 28.0 Å². The Hall–Kier alpha value is -3.86. The highest BCUT2D eigenvalue weighted by atomic mass is 16.5. The topological polar surface area (TPSA) is 135 Å². The summed E-state index contributed by atoms with van der Waals surface area (Å²) in [4.78, 5) is 24.0. The Bertz CT molecular complexity index is 1430. The number of piperidine rings is 1. The largest absolute Gasteiger partial charge is 0.393 e. The smallest absolute Gasteiger partial charge is 0.225 e. The summed E-state index contributed by atoms with van der Waals surface area (Å²) in [7, 11) is 0.